The fraction of sp³-hybridized carbons (Fsp3) is 0.645. The standard InChI is InChI=1S/C62H96N10O11/c1-38(2)30-48-52(75)37-67(10)46(33-44-24-18-15-19-25-44)35-47(74)36-68(11)50(34-45-26-20-16-21-27-45)57(78)64-49(31-39(3)4)59(80)71(14)51(32-40(5)6)58(79)66-54(62(83)72-28-22-17-23-29-72)61(82)70(13)42(8)56(77)65-53(43(9)73)60(81)69(12)41(7)55(76)63-48/h15-16,18-21,24-27,38-43,46,48-51,53-54,73H,17,22-23,28-37H2,1-14H3,(H,63,76)(H,64,78)(H,65,77)(H,66,79)/t41-,42-,43+,46-,48-,49?,50-,51-,53-,54-/m0/s1. The number of nitrogens with one attached hydrogen (secondary N) is 4. The van der Waals surface area contributed by atoms with Crippen molar-refractivity contribution >= 4 is 58.8 Å². The average molecular weight is 1160 g/mol. The summed E-state index contributed by atoms with van der Waals surface area (Å²) in [5.41, 5.74) is 1.71. The first-order chi connectivity index (χ1) is 39.0. The van der Waals surface area contributed by atoms with Gasteiger partial charge in [0, 0.05) is 46.7 Å². The van der Waals surface area contributed by atoms with E-state index < -0.39 is 108 Å². The van der Waals surface area contributed by atoms with Gasteiger partial charge in [-0.05, 0) is 115 Å². The summed E-state index contributed by atoms with van der Waals surface area (Å²) in [5.74, 6) is -7.05. The van der Waals surface area contributed by atoms with Crippen molar-refractivity contribution in [1.82, 2.24) is 50.7 Å². The third-order valence-corrected chi connectivity index (χ3v) is 16.0. The van der Waals surface area contributed by atoms with Crippen LogP contribution in [0.2, 0.25) is 0 Å². The Morgan fingerprint density at radius 1 is 0.530 bits per heavy atom. The summed E-state index contributed by atoms with van der Waals surface area (Å²) in [7, 11) is 7.45. The number of carbonyl (C=O) groups is 10. The number of rotatable bonds is 12. The molecule has 2 heterocycles. The first-order valence-corrected chi connectivity index (χ1v) is 29.5. The van der Waals surface area contributed by atoms with Gasteiger partial charge < -0.3 is 46.0 Å². The maximum Gasteiger partial charge on any atom is 0.255 e. The number of nitrogens with zero attached hydrogens (tertiary/aromatic N) is 6. The van der Waals surface area contributed by atoms with Gasteiger partial charge in [0.1, 0.15) is 36.0 Å². The van der Waals surface area contributed by atoms with Gasteiger partial charge in [0.2, 0.25) is 35.4 Å². The molecule has 21 heteroatoms. The highest BCUT2D eigenvalue weighted by Crippen LogP contribution is 2.21. The molecule has 5 N–H and O–H groups in total. The van der Waals surface area contributed by atoms with Crippen molar-refractivity contribution in [1.29, 1.82) is 0 Å². The highest BCUT2D eigenvalue weighted by Gasteiger charge is 2.43. The summed E-state index contributed by atoms with van der Waals surface area (Å²) in [5, 5.41) is 22.0. The number of likely N-dealkylation sites (N-methyl/N-ethyl adjacent to an activating group) is 5. The molecule has 0 bridgehead atoms. The third kappa shape index (κ3) is 20.3. The molecule has 460 valence electrons. The lowest BCUT2D eigenvalue weighted by Gasteiger charge is -2.36. The minimum absolute atomic E-state index is 0.0292. The Bertz CT molecular complexity index is 2520. The monoisotopic (exact) mass is 1160 g/mol. The van der Waals surface area contributed by atoms with Crippen LogP contribution in [0.3, 0.4) is 0 Å². The van der Waals surface area contributed by atoms with E-state index in [4.69, 9.17) is 0 Å². The Hall–Kier alpha value is -6.58. The fourth-order valence-electron chi connectivity index (χ4n) is 10.6. The van der Waals surface area contributed by atoms with E-state index >= 15 is 4.79 Å². The number of piperidine rings is 1. The van der Waals surface area contributed by atoms with Crippen LogP contribution in [0.5, 0.6) is 0 Å². The van der Waals surface area contributed by atoms with Gasteiger partial charge in [0.05, 0.1) is 31.3 Å². The highest BCUT2D eigenvalue weighted by molar-refractivity contribution is 6.09. The smallest absolute Gasteiger partial charge is 0.255 e. The van der Waals surface area contributed by atoms with Gasteiger partial charge in [-0.2, -0.15) is 0 Å². The molecule has 10 atom stereocenters. The molecule has 1 unspecified atom stereocenters. The van der Waals surface area contributed by atoms with E-state index in [-0.39, 0.29) is 74.5 Å². The van der Waals surface area contributed by atoms with Crippen LogP contribution in [0.25, 0.3) is 0 Å². The zero-order valence-electron chi connectivity index (χ0n) is 51.7. The molecule has 83 heavy (non-hydrogen) atoms. The predicted octanol–water partition coefficient (Wildman–Crippen LogP) is 2.61. The van der Waals surface area contributed by atoms with E-state index in [0.29, 0.717) is 32.4 Å². The Kier molecular flexibility index (Phi) is 27.0. The molecule has 0 saturated carbocycles. The van der Waals surface area contributed by atoms with Crippen molar-refractivity contribution in [2.75, 3.05) is 61.4 Å². The molecule has 0 aromatic heterocycles. The van der Waals surface area contributed by atoms with Gasteiger partial charge in [-0.3, -0.25) is 57.7 Å². The molecular formula is C62H96N10O11. The number of aliphatic hydroxyl groups excluding tert-OH is 1. The molecule has 0 aliphatic carbocycles. The molecule has 0 spiro atoms. The Morgan fingerprint density at radius 2 is 1.01 bits per heavy atom. The normalized spacial score (nSPS) is 26.5. The van der Waals surface area contributed by atoms with Crippen LogP contribution in [0.1, 0.15) is 118 Å². The Morgan fingerprint density at radius 3 is 1.54 bits per heavy atom. The maximum atomic E-state index is 15.0. The van der Waals surface area contributed by atoms with Gasteiger partial charge >= 0.3 is 0 Å². The molecule has 2 aromatic carbocycles. The van der Waals surface area contributed by atoms with Gasteiger partial charge in [0.15, 0.2) is 11.8 Å². The van der Waals surface area contributed by atoms with Crippen molar-refractivity contribution in [2.24, 2.45) is 17.8 Å². The number of Topliss-reactive ketones (excluding diaryl/α,β-unsaturated/α-hetero) is 2. The second-order valence-corrected chi connectivity index (χ2v) is 24.4. The molecule has 2 saturated heterocycles. The summed E-state index contributed by atoms with van der Waals surface area (Å²) >= 11 is 0. The second kappa shape index (κ2) is 32.5. The summed E-state index contributed by atoms with van der Waals surface area (Å²) in [4.78, 5) is 154. The van der Waals surface area contributed by atoms with Gasteiger partial charge in [-0.15, -0.1) is 0 Å². The summed E-state index contributed by atoms with van der Waals surface area (Å²) < 4.78 is 0. The molecule has 2 fully saturated rings. The molecule has 2 aromatic rings. The van der Waals surface area contributed by atoms with Gasteiger partial charge in [-0.1, -0.05) is 102 Å². The fourth-order valence-corrected chi connectivity index (χ4v) is 10.6. The van der Waals surface area contributed by atoms with E-state index in [0.717, 1.165) is 27.3 Å². The molecular weight excluding hydrogens is 1060 g/mol. The number of likely N-dealkylation sites (tertiary alicyclic amines) is 1. The minimum Gasteiger partial charge on any atom is -0.391 e. The lowest BCUT2D eigenvalue weighted by molar-refractivity contribution is -0.151. The highest BCUT2D eigenvalue weighted by atomic mass is 16.3. The lowest BCUT2D eigenvalue weighted by Crippen LogP contribution is -2.64. The summed E-state index contributed by atoms with van der Waals surface area (Å²) in [6, 6.07) is 7.74. The predicted molar refractivity (Wildman–Crippen MR) is 317 cm³/mol. The number of hydrogen-bond acceptors (Lipinski definition) is 13. The number of carbonyl (C=O) groups excluding carboxylic acids is 10. The van der Waals surface area contributed by atoms with Crippen LogP contribution >= 0.6 is 0 Å². The molecule has 0 radical (unpaired) electrons. The van der Waals surface area contributed by atoms with Crippen LogP contribution in [-0.4, -0.2) is 215 Å². The average Bonchev–Trinajstić information content (AvgIpc) is 3.65. The van der Waals surface area contributed by atoms with Crippen molar-refractivity contribution in [3.05, 3.63) is 71.8 Å². The Labute approximate surface area is 492 Å². The number of benzene rings is 2. The largest absolute Gasteiger partial charge is 0.391 e. The molecule has 2 aliphatic rings. The van der Waals surface area contributed by atoms with Crippen molar-refractivity contribution in [2.45, 2.75) is 181 Å². The van der Waals surface area contributed by atoms with E-state index in [9.17, 15) is 48.3 Å². The molecule has 21 nitrogen and oxygen atoms in total. The zero-order valence-corrected chi connectivity index (χ0v) is 51.7. The van der Waals surface area contributed by atoms with Crippen molar-refractivity contribution in [3.8, 4) is 0 Å². The van der Waals surface area contributed by atoms with Crippen LogP contribution in [-0.2, 0) is 60.8 Å². The maximum absolute atomic E-state index is 15.0. The molecule has 4 rings (SSSR count). The summed E-state index contributed by atoms with van der Waals surface area (Å²) in [6.45, 7) is 15.6. The number of aliphatic hydroxyl groups is 1. The zero-order chi connectivity index (χ0) is 62.0. The lowest BCUT2D eigenvalue weighted by atomic mass is 9.96. The molecule has 2 aliphatic heterocycles. The van der Waals surface area contributed by atoms with Crippen LogP contribution in [0, 0.1) is 17.8 Å². The number of amides is 8. The van der Waals surface area contributed by atoms with Crippen molar-refractivity contribution in [3.63, 3.8) is 0 Å². The van der Waals surface area contributed by atoms with E-state index in [1.807, 2.05) is 102 Å². The van der Waals surface area contributed by atoms with E-state index in [2.05, 4.69) is 21.3 Å². The van der Waals surface area contributed by atoms with E-state index in [1.165, 1.54) is 51.7 Å². The van der Waals surface area contributed by atoms with Crippen LogP contribution in [0.15, 0.2) is 60.7 Å². The quantitative estimate of drug-likeness (QED) is 0.192. The van der Waals surface area contributed by atoms with Crippen LogP contribution < -0.4 is 21.3 Å². The topological polar surface area (TPSA) is 258 Å². The van der Waals surface area contributed by atoms with Crippen molar-refractivity contribution < 1.29 is 53.1 Å². The van der Waals surface area contributed by atoms with Crippen LogP contribution in [0.4, 0.5) is 0 Å². The van der Waals surface area contributed by atoms with Gasteiger partial charge in [0.25, 0.3) is 11.8 Å². The number of hydrogen-bond donors (Lipinski definition) is 5. The van der Waals surface area contributed by atoms with Gasteiger partial charge in [-0.25, -0.2) is 0 Å². The van der Waals surface area contributed by atoms with E-state index in [1.54, 1.807) is 23.9 Å². The first kappa shape index (κ1) is 68.9. The number of ketones is 2. The third-order valence-electron chi connectivity index (χ3n) is 16.0. The Balaban J connectivity index is 1.87. The second-order valence-electron chi connectivity index (χ2n) is 24.4. The minimum atomic E-state index is -1.86. The molecule has 8 amide bonds. The first-order valence-electron chi connectivity index (χ1n) is 29.5. The summed E-state index contributed by atoms with van der Waals surface area (Å²) in [6.07, 6.45) is 1.63. The SMILES string of the molecule is CC(C)CC1NC(=O)[C@H](Cc2ccccc2)N(C)CC(=O)C[C@H](Cc2ccccc2)N(C)CC(=O)[C@H](CC(C)C)NC(=O)[C@H](C)N(C)C(=O)[C@H]([C@@H](C)O)NC(=O)[C@H](C)N(C)C(=O)[C@@H](C(=O)N2CCCCC2)NC(=O)[C@H](CC(C)C)N(C)C1=O.